The molecule has 0 bridgehead atoms. The predicted octanol–water partition coefficient (Wildman–Crippen LogP) is 4.20. The third kappa shape index (κ3) is 4.57. The molecule has 0 unspecified atom stereocenters. The highest BCUT2D eigenvalue weighted by Crippen LogP contribution is 2.25. The summed E-state index contributed by atoms with van der Waals surface area (Å²) >= 11 is 1.60. The van der Waals surface area contributed by atoms with Crippen LogP contribution in [0.15, 0.2) is 60.0 Å². The zero-order chi connectivity index (χ0) is 19.4. The minimum Gasteiger partial charge on any atom is -0.338 e. The summed E-state index contributed by atoms with van der Waals surface area (Å²) in [6, 6.07) is 14.4. The average Bonchev–Trinajstić information content (AvgIpc) is 3.21. The summed E-state index contributed by atoms with van der Waals surface area (Å²) in [5, 5.41) is 4.13. The quantitative estimate of drug-likeness (QED) is 0.602. The lowest BCUT2D eigenvalue weighted by Gasteiger charge is -2.25. The topological polar surface area (TPSA) is 51.0 Å². The molecule has 140 valence electrons. The Labute approximate surface area is 164 Å². The van der Waals surface area contributed by atoms with E-state index in [0.717, 1.165) is 16.1 Å². The summed E-state index contributed by atoms with van der Waals surface area (Å²) in [6.07, 6.45) is 3.18. The number of benzene rings is 2. The number of aryl methyl sites for hydroxylation is 2. The molecule has 6 heteroatoms. The van der Waals surface area contributed by atoms with E-state index in [0.29, 0.717) is 5.75 Å². The Morgan fingerprint density at radius 2 is 1.93 bits per heavy atom. The monoisotopic (exact) mass is 380 g/mol. The Morgan fingerprint density at radius 1 is 1.19 bits per heavy atom. The van der Waals surface area contributed by atoms with Gasteiger partial charge in [0.1, 0.15) is 12.7 Å². The highest BCUT2D eigenvalue weighted by molar-refractivity contribution is 8.00. The van der Waals surface area contributed by atoms with Crippen molar-refractivity contribution >= 4 is 17.7 Å². The van der Waals surface area contributed by atoms with Gasteiger partial charge >= 0.3 is 0 Å². The van der Waals surface area contributed by atoms with Crippen molar-refractivity contribution in [3.05, 3.63) is 71.8 Å². The second kappa shape index (κ2) is 8.39. The lowest BCUT2D eigenvalue weighted by molar-refractivity contribution is -0.128. The fraction of sp³-hybridized carbons (Fsp3) is 0.286. The molecule has 0 spiro atoms. The highest BCUT2D eigenvalue weighted by atomic mass is 32.2. The molecule has 1 aromatic heterocycles. The number of rotatable bonds is 6. The second-order valence-corrected chi connectivity index (χ2v) is 7.69. The van der Waals surface area contributed by atoms with E-state index in [-0.39, 0.29) is 11.9 Å². The third-order valence-electron chi connectivity index (χ3n) is 4.71. The van der Waals surface area contributed by atoms with Gasteiger partial charge in [-0.15, -0.1) is 11.8 Å². The van der Waals surface area contributed by atoms with Gasteiger partial charge in [0.15, 0.2) is 0 Å². The first-order chi connectivity index (χ1) is 13.0. The maximum atomic E-state index is 12.6. The molecular weight excluding hydrogens is 356 g/mol. The number of amides is 1. The van der Waals surface area contributed by atoms with Gasteiger partial charge < -0.3 is 4.90 Å². The number of aromatic nitrogens is 3. The van der Waals surface area contributed by atoms with Crippen LogP contribution >= 0.6 is 11.8 Å². The van der Waals surface area contributed by atoms with Gasteiger partial charge in [0.05, 0.1) is 17.5 Å². The molecule has 2 aromatic carbocycles. The number of hydrogen-bond donors (Lipinski definition) is 0. The van der Waals surface area contributed by atoms with Crippen LogP contribution in [0.4, 0.5) is 0 Å². The standard InChI is InChI=1S/C21H24N4OS/c1-15-5-10-20(16(2)11-15)27-12-21(26)24(4)17(3)18-6-8-19(9-7-18)25-14-22-13-23-25/h5-11,13-14,17H,12H2,1-4H3/t17-/m0/s1. The van der Waals surface area contributed by atoms with Crippen molar-refractivity contribution in [1.82, 2.24) is 19.7 Å². The van der Waals surface area contributed by atoms with Crippen molar-refractivity contribution in [1.29, 1.82) is 0 Å². The van der Waals surface area contributed by atoms with Gasteiger partial charge in [-0.05, 0) is 50.1 Å². The number of carbonyl (C=O) groups is 1. The first kappa shape index (κ1) is 19.2. The molecule has 0 aliphatic carbocycles. The Kier molecular flexibility index (Phi) is 5.96. The Hall–Kier alpha value is -2.60. The number of thioether (sulfide) groups is 1. The molecule has 0 fully saturated rings. The van der Waals surface area contributed by atoms with E-state index in [1.54, 1.807) is 27.7 Å². The first-order valence-corrected chi connectivity index (χ1v) is 9.85. The Bertz CT molecular complexity index is 906. The van der Waals surface area contributed by atoms with Crippen molar-refractivity contribution in [2.24, 2.45) is 0 Å². The van der Waals surface area contributed by atoms with Crippen LogP contribution in [0, 0.1) is 13.8 Å². The van der Waals surface area contributed by atoms with Crippen LogP contribution in [-0.2, 0) is 4.79 Å². The molecule has 1 atom stereocenters. The van der Waals surface area contributed by atoms with E-state index in [4.69, 9.17) is 0 Å². The second-order valence-electron chi connectivity index (χ2n) is 6.67. The molecule has 3 aromatic rings. The van der Waals surface area contributed by atoms with E-state index in [1.807, 2.05) is 38.2 Å². The average molecular weight is 381 g/mol. The Balaban J connectivity index is 1.62. The van der Waals surface area contributed by atoms with Gasteiger partial charge in [-0.2, -0.15) is 5.10 Å². The van der Waals surface area contributed by atoms with Crippen LogP contribution in [0.2, 0.25) is 0 Å². The maximum Gasteiger partial charge on any atom is 0.233 e. The number of nitrogens with zero attached hydrogens (tertiary/aromatic N) is 4. The molecule has 27 heavy (non-hydrogen) atoms. The predicted molar refractivity (Wildman–Crippen MR) is 109 cm³/mol. The summed E-state index contributed by atoms with van der Waals surface area (Å²) in [7, 11) is 1.86. The van der Waals surface area contributed by atoms with E-state index in [9.17, 15) is 4.79 Å². The molecule has 1 amide bonds. The lowest BCUT2D eigenvalue weighted by Crippen LogP contribution is -2.31. The summed E-state index contributed by atoms with van der Waals surface area (Å²) in [4.78, 5) is 19.6. The molecule has 0 saturated heterocycles. The minimum absolute atomic E-state index is 0.00186. The fourth-order valence-corrected chi connectivity index (χ4v) is 3.82. The minimum atomic E-state index is 0.00186. The van der Waals surface area contributed by atoms with Crippen molar-refractivity contribution in [2.75, 3.05) is 12.8 Å². The highest BCUT2D eigenvalue weighted by Gasteiger charge is 2.18. The number of hydrogen-bond acceptors (Lipinski definition) is 4. The molecule has 0 N–H and O–H groups in total. The van der Waals surface area contributed by atoms with Gasteiger partial charge in [0, 0.05) is 11.9 Å². The fourth-order valence-electron chi connectivity index (χ4n) is 2.89. The third-order valence-corrected chi connectivity index (χ3v) is 5.88. The van der Waals surface area contributed by atoms with Crippen molar-refractivity contribution in [3.8, 4) is 5.69 Å². The van der Waals surface area contributed by atoms with E-state index in [1.165, 1.54) is 17.5 Å². The normalized spacial score (nSPS) is 12.0. The van der Waals surface area contributed by atoms with Crippen molar-refractivity contribution in [2.45, 2.75) is 31.7 Å². The molecule has 3 rings (SSSR count). The zero-order valence-electron chi connectivity index (χ0n) is 16.1. The van der Waals surface area contributed by atoms with E-state index < -0.39 is 0 Å². The van der Waals surface area contributed by atoms with Crippen LogP contribution < -0.4 is 0 Å². The van der Waals surface area contributed by atoms with Crippen molar-refractivity contribution in [3.63, 3.8) is 0 Å². The molecule has 0 saturated carbocycles. The van der Waals surface area contributed by atoms with Crippen LogP contribution in [0.5, 0.6) is 0 Å². The van der Waals surface area contributed by atoms with Gasteiger partial charge in [-0.25, -0.2) is 9.67 Å². The number of carbonyl (C=O) groups excluding carboxylic acids is 1. The summed E-state index contributed by atoms with van der Waals surface area (Å²) < 4.78 is 1.71. The Morgan fingerprint density at radius 3 is 2.56 bits per heavy atom. The molecule has 0 radical (unpaired) electrons. The van der Waals surface area contributed by atoms with Gasteiger partial charge in [0.2, 0.25) is 5.91 Å². The summed E-state index contributed by atoms with van der Waals surface area (Å²) in [5.41, 5.74) is 4.49. The van der Waals surface area contributed by atoms with E-state index in [2.05, 4.69) is 42.1 Å². The van der Waals surface area contributed by atoms with Gasteiger partial charge in [-0.1, -0.05) is 29.8 Å². The molecule has 0 aliphatic rings. The maximum absolute atomic E-state index is 12.6. The molecule has 5 nitrogen and oxygen atoms in total. The van der Waals surface area contributed by atoms with Gasteiger partial charge in [0.25, 0.3) is 0 Å². The SMILES string of the molecule is Cc1ccc(SCC(=O)N(C)[C@@H](C)c2ccc(-n3cncn3)cc2)c(C)c1. The van der Waals surface area contributed by atoms with Crippen molar-refractivity contribution < 1.29 is 4.79 Å². The van der Waals surface area contributed by atoms with Crippen LogP contribution in [-0.4, -0.2) is 38.4 Å². The van der Waals surface area contributed by atoms with Crippen LogP contribution in [0.25, 0.3) is 5.69 Å². The van der Waals surface area contributed by atoms with Crippen LogP contribution in [0.1, 0.15) is 29.7 Å². The smallest absolute Gasteiger partial charge is 0.233 e. The zero-order valence-corrected chi connectivity index (χ0v) is 16.9. The lowest BCUT2D eigenvalue weighted by atomic mass is 10.1. The molecular formula is C21H24N4OS. The summed E-state index contributed by atoms with van der Waals surface area (Å²) in [6.45, 7) is 6.21. The molecule has 0 aliphatic heterocycles. The molecule has 1 heterocycles. The van der Waals surface area contributed by atoms with Gasteiger partial charge in [-0.3, -0.25) is 4.79 Å². The van der Waals surface area contributed by atoms with E-state index >= 15 is 0 Å². The van der Waals surface area contributed by atoms with Crippen LogP contribution in [0.3, 0.4) is 0 Å². The summed E-state index contributed by atoms with van der Waals surface area (Å²) in [5.74, 6) is 0.551. The first-order valence-electron chi connectivity index (χ1n) is 8.86. The largest absolute Gasteiger partial charge is 0.338 e.